The predicted octanol–water partition coefficient (Wildman–Crippen LogP) is 6.12. The van der Waals surface area contributed by atoms with Gasteiger partial charge in [-0.1, -0.05) is 18.2 Å². The van der Waals surface area contributed by atoms with E-state index in [-0.39, 0.29) is 28.7 Å². The number of carbonyl (C=O) groups excluding carboxylic acids is 1. The molecule has 34 heavy (non-hydrogen) atoms. The Kier molecular flexibility index (Phi) is 8.13. The predicted molar refractivity (Wildman–Crippen MR) is 130 cm³/mol. The van der Waals surface area contributed by atoms with E-state index >= 15 is 0 Å². The Balaban J connectivity index is 1.66. The molecule has 2 aliphatic carbocycles. The maximum atomic E-state index is 13.0. The number of benzene rings is 1. The molecular weight excluding hydrogens is 485 g/mol. The third-order valence-electron chi connectivity index (χ3n) is 5.59. The fourth-order valence-corrected chi connectivity index (χ4v) is 5.45. The van der Waals surface area contributed by atoms with Crippen molar-refractivity contribution in [2.45, 2.75) is 61.2 Å². The van der Waals surface area contributed by atoms with E-state index in [4.69, 9.17) is 0 Å². The quantitative estimate of drug-likeness (QED) is 0.431. The first-order chi connectivity index (χ1) is 15.9. The van der Waals surface area contributed by atoms with Crippen LogP contribution in [0.1, 0.15) is 38.3 Å². The average molecular weight is 513 g/mol. The standard InChI is InChI=1S/C24H27F3N2O3S2/c1-4-29(22(32)28-17-6-5-7-19(11-9-17)34-24(25,26)27)18-12-15-8-10-20(14-16(15)13-18)33-23(2,3)21(30)31/h5,7-11,14,18H,4,6,12-13H2,1-3H3,(H,28,32)(H,30,31). The summed E-state index contributed by atoms with van der Waals surface area (Å²) >= 11 is 1.10. The Bertz CT molecular complexity index is 1050. The number of fused-ring (bicyclic) bond motifs is 1. The van der Waals surface area contributed by atoms with Gasteiger partial charge in [-0.05, 0) is 80.8 Å². The highest BCUT2D eigenvalue weighted by Crippen LogP contribution is 2.38. The van der Waals surface area contributed by atoms with Crippen molar-refractivity contribution in [1.29, 1.82) is 0 Å². The molecule has 0 bridgehead atoms. The van der Waals surface area contributed by atoms with Crippen LogP contribution in [0, 0.1) is 0 Å². The Morgan fingerprint density at radius 2 is 1.85 bits per heavy atom. The molecule has 2 N–H and O–H groups in total. The molecule has 1 unspecified atom stereocenters. The highest BCUT2D eigenvalue weighted by atomic mass is 32.2. The Morgan fingerprint density at radius 1 is 1.15 bits per heavy atom. The van der Waals surface area contributed by atoms with Crippen molar-refractivity contribution >= 4 is 35.5 Å². The molecule has 1 aromatic carbocycles. The number of aliphatic carboxylic acids is 1. The van der Waals surface area contributed by atoms with Gasteiger partial charge in [-0.25, -0.2) is 4.79 Å². The molecule has 0 aliphatic heterocycles. The van der Waals surface area contributed by atoms with Gasteiger partial charge in [-0.15, -0.1) is 11.8 Å². The molecule has 184 valence electrons. The number of urea groups is 1. The van der Waals surface area contributed by atoms with Gasteiger partial charge in [-0.3, -0.25) is 4.79 Å². The fraction of sp³-hybridized carbons (Fsp3) is 0.417. The Hall–Kier alpha value is -2.33. The molecule has 5 nitrogen and oxygen atoms in total. The second-order valence-corrected chi connectivity index (χ2v) is 11.4. The minimum absolute atomic E-state index is 0.0541. The summed E-state index contributed by atoms with van der Waals surface area (Å²) in [6, 6.07) is 5.56. The Labute approximate surface area is 205 Å². The molecule has 10 heteroatoms. The van der Waals surface area contributed by atoms with Gasteiger partial charge in [0.05, 0.1) is 0 Å². The van der Waals surface area contributed by atoms with Crippen LogP contribution >= 0.6 is 23.5 Å². The minimum atomic E-state index is -4.37. The smallest absolute Gasteiger partial charge is 0.446 e. The van der Waals surface area contributed by atoms with Crippen LogP contribution < -0.4 is 5.32 Å². The summed E-state index contributed by atoms with van der Waals surface area (Å²) in [5.74, 6) is -0.883. The van der Waals surface area contributed by atoms with Crippen molar-refractivity contribution in [2.24, 2.45) is 0 Å². The largest absolute Gasteiger partial charge is 0.480 e. The van der Waals surface area contributed by atoms with Crippen molar-refractivity contribution in [3.05, 3.63) is 64.2 Å². The molecule has 1 atom stereocenters. The van der Waals surface area contributed by atoms with E-state index < -0.39 is 16.2 Å². The number of halogens is 3. The molecule has 1 aromatic rings. The van der Waals surface area contributed by atoms with Crippen molar-refractivity contribution < 1.29 is 27.9 Å². The molecule has 0 spiro atoms. The third-order valence-corrected chi connectivity index (χ3v) is 7.50. The lowest BCUT2D eigenvalue weighted by Crippen LogP contribution is -2.46. The SMILES string of the molecule is CCN(C(=O)NC1=CC=C(SC(F)(F)F)C=CC1)C1Cc2ccc(SC(C)(C)C(=O)O)cc2C1. The van der Waals surface area contributed by atoms with Gasteiger partial charge >= 0.3 is 17.5 Å². The number of nitrogens with one attached hydrogen (secondary N) is 1. The van der Waals surface area contributed by atoms with E-state index in [1.54, 1.807) is 24.8 Å². The second kappa shape index (κ2) is 10.5. The molecule has 0 saturated carbocycles. The topological polar surface area (TPSA) is 69.6 Å². The first-order valence-corrected chi connectivity index (χ1v) is 12.5. The number of hydrogen-bond donors (Lipinski definition) is 2. The summed E-state index contributed by atoms with van der Waals surface area (Å²) in [6.45, 7) is 5.69. The van der Waals surface area contributed by atoms with Crippen molar-refractivity contribution in [3.63, 3.8) is 0 Å². The molecular formula is C24H27F3N2O3S2. The zero-order valence-electron chi connectivity index (χ0n) is 19.1. The highest BCUT2D eigenvalue weighted by Gasteiger charge is 2.32. The van der Waals surface area contributed by atoms with E-state index in [2.05, 4.69) is 5.32 Å². The van der Waals surface area contributed by atoms with Gasteiger partial charge in [0.1, 0.15) is 4.75 Å². The third kappa shape index (κ3) is 6.85. The van der Waals surface area contributed by atoms with Gasteiger partial charge in [0, 0.05) is 34.5 Å². The van der Waals surface area contributed by atoms with E-state index in [0.29, 0.717) is 31.5 Å². The van der Waals surface area contributed by atoms with Crippen molar-refractivity contribution in [3.8, 4) is 0 Å². The summed E-state index contributed by atoms with van der Waals surface area (Å²) in [5, 5.41) is 12.2. The van der Waals surface area contributed by atoms with E-state index in [1.165, 1.54) is 30.0 Å². The maximum absolute atomic E-state index is 13.0. The molecule has 3 rings (SSSR count). The monoisotopic (exact) mass is 512 g/mol. The van der Waals surface area contributed by atoms with E-state index in [0.717, 1.165) is 16.0 Å². The van der Waals surface area contributed by atoms with Crippen LogP contribution in [0.2, 0.25) is 0 Å². The zero-order chi connectivity index (χ0) is 25.1. The molecule has 2 aliphatic rings. The minimum Gasteiger partial charge on any atom is -0.480 e. The first kappa shape index (κ1) is 26.3. The number of carboxylic acids is 1. The number of nitrogens with zero attached hydrogens (tertiary/aromatic N) is 1. The second-order valence-electron chi connectivity index (χ2n) is 8.54. The van der Waals surface area contributed by atoms with Crippen LogP contribution in [0.3, 0.4) is 0 Å². The molecule has 0 radical (unpaired) electrons. The molecule has 0 aromatic heterocycles. The van der Waals surface area contributed by atoms with Gasteiger partial charge in [-0.2, -0.15) is 13.2 Å². The number of carboxylic acid groups (broad SMARTS) is 1. The summed E-state index contributed by atoms with van der Waals surface area (Å²) in [6.07, 6.45) is 7.54. The number of thioether (sulfide) groups is 2. The number of allylic oxidation sites excluding steroid dienone is 4. The summed E-state index contributed by atoms with van der Waals surface area (Å²) in [7, 11) is 0. The normalized spacial score (nSPS) is 18.0. The summed E-state index contributed by atoms with van der Waals surface area (Å²) < 4.78 is 36.9. The van der Waals surface area contributed by atoms with Gasteiger partial charge in [0.25, 0.3) is 0 Å². The number of carbonyl (C=O) groups is 2. The average Bonchev–Trinajstić information content (AvgIpc) is 3.01. The Morgan fingerprint density at radius 3 is 2.50 bits per heavy atom. The number of alkyl halides is 3. The summed E-state index contributed by atoms with van der Waals surface area (Å²) in [5.41, 5.74) is -1.61. The lowest BCUT2D eigenvalue weighted by molar-refractivity contribution is -0.138. The van der Waals surface area contributed by atoms with Crippen molar-refractivity contribution in [1.82, 2.24) is 10.2 Å². The maximum Gasteiger partial charge on any atom is 0.446 e. The van der Waals surface area contributed by atoms with E-state index in [9.17, 15) is 27.9 Å². The number of rotatable bonds is 7. The van der Waals surface area contributed by atoms with Crippen LogP contribution in [0.25, 0.3) is 0 Å². The lowest BCUT2D eigenvalue weighted by Gasteiger charge is -2.28. The fourth-order valence-electron chi connectivity index (χ4n) is 3.87. The summed E-state index contributed by atoms with van der Waals surface area (Å²) in [4.78, 5) is 27.1. The molecule has 0 saturated heterocycles. The van der Waals surface area contributed by atoms with E-state index in [1.807, 2.05) is 25.1 Å². The van der Waals surface area contributed by atoms with Crippen LogP contribution in [-0.2, 0) is 17.6 Å². The van der Waals surface area contributed by atoms with Crippen LogP contribution in [0.15, 0.2) is 58.0 Å². The van der Waals surface area contributed by atoms with Gasteiger partial charge in [0.15, 0.2) is 0 Å². The first-order valence-electron chi connectivity index (χ1n) is 10.8. The number of amides is 2. The van der Waals surface area contributed by atoms with Crippen LogP contribution in [0.5, 0.6) is 0 Å². The lowest BCUT2D eigenvalue weighted by atomic mass is 10.1. The molecule has 2 amide bonds. The highest BCUT2D eigenvalue weighted by molar-refractivity contribution is 8.04. The van der Waals surface area contributed by atoms with Crippen LogP contribution in [0.4, 0.5) is 18.0 Å². The number of hydrogen-bond acceptors (Lipinski definition) is 4. The van der Waals surface area contributed by atoms with Crippen LogP contribution in [-0.4, -0.2) is 44.8 Å². The number of likely N-dealkylation sites (N-methyl/N-ethyl adjacent to an activating group) is 1. The van der Waals surface area contributed by atoms with Gasteiger partial charge in [0.2, 0.25) is 0 Å². The molecule has 0 fully saturated rings. The van der Waals surface area contributed by atoms with Crippen molar-refractivity contribution in [2.75, 3.05) is 6.54 Å². The molecule has 0 heterocycles. The van der Waals surface area contributed by atoms with Gasteiger partial charge < -0.3 is 15.3 Å². The zero-order valence-corrected chi connectivity index (χ0v) is 20.7.